The summed E-state index contributed by atoms with van der Waals surface area (Å²) in [5, 5.41) is 17.1. The van der Waals surface area contributed by atoms with Gasteiger partial charge in [0, 0.05) is 13.1 Å². The Kier molecular flexibility index (Phi) is 2.68. The molecule has 1 aliphatic rings. The molecule has 1 fully saturated rings. The average molecular weight is 210 g/mol. The molecule has 0 saturated carbocycles. The van der Waals surface area contributed by atoms with Gasteiger partial charge < -0.3 is 14.6 Å². The third-order valence-corrected chi connectivity index (χ3v) is 2.56. The molecule has 1 aliphatic heterocycles. The molecule has 6 heteroatoms. The smallest absolute Gasteiger partial charge is 0.225 e. The van der Waals surface area contributed by atoms with E-state index in [4.69, 9.17) is 0 Å². The summed E-state index contributed by atoms with van der Waals surface area (Å²) in [6.45, 7) is 3.61. The number of β-amino-alcohol motifs (C(OH)–C–C–N with tert-alkyl or cyclic N) is 1. The molecule has 1 saturated heterocycles. The number of amides is 1. The molecule has 0 bridgehead atoms. The van der Waals surface area contributed by atoms with E-state index in [1.165, 1.54) is 0 Å². The molecular formula is C9H14N4O2. The SMILES string of the molecule is CCn1cnnc1CN1CC(O)CC1=O. The predicted octanol–water partition coefficient (Wildman–Crippen LogP) is -0.609. The van der Waals surface area contributed by atoms with Crippen molar-refractivity contribution < 1.29 is 9.90 Å². The van der Waals surface area contributed by atoms with E-state index in [9.17, 15) is 9.90 Å². The third kappa shape index (κ3) is 1.99. The van der Waals surface area contributed by atoms with Crippen LogP contribution < -0.4 is 0 Å². The van der Waals surface area contributed by atoms with Gasteiger partial charge in [0.2, 0.25) is 5.91 Å². The highest BCUT2D eigenvalue weighted by molar-refractivity contribution is 5.78. The topological polar surface area (TPSA) is 71.2 Å². The van der Waals surface area contributed by atoms with E-state index in [1.807, 2.05) is 11.5 Å². The van der Waals surface area contributed by atoms with Crippen molar-refractivity contribution >= 4 is 5.91 Å². The molecule has 0 radical (unpaired) electrons. The zero-order valence-corrected chi connectivity index (χ0v) is 8.63. The number of aliphatic hydroxyl groups is 1. The number of aryl methyl sites for hydroxylation is 1. The number of rotatable bonds is 3. The van der Waals surface area contributed by atoms with Gasteiger partial charge in [-0.1, -0.05) is 0 Å². The summed E-state index contributed by atoms with van der Waals surface area (Å²) in [5.41, 5.74) is 0. The molecule has 0 spiro atoms. The lowest BCUT2D eigenvalue weighted by atomic mass is 10.3. The number of nitrogens with zero attached hydrogens (tertiary/aromatic N) is 4. The van der Waals surface area contributed by atoms with Crippen LogP contribution in [0.1, 0.15) is 19.2 Å². The molecule has 1 unspecified atom stereocenters. The number of carbonyl (C=O) groups excluding carboxylic acids is 1. The van der Waals surface area contributed by atoms with E-state index in [0.717, 1.165) is 12.4 Å². The average Bonchev–Trinajstić information content (AvgIpc) is 2.74. The van der Waals surface area contributed by atoms with Crippen molar-refractivity contribution in [3.8, 4) is 0 Å². The third-order valence-electron chi connectivity index (χ3n) is 2.56. The minimum Gasteiger partial charge on any atom is -0.391 e. The van der Waals surface area contributed by atoms with Crippen LogP contribution in [0.3, 0.4) is 0 Å². The van der Waals surface area contributed by atoms with Gasteiger partial charge in [-0.25, -0.2) is 0 Å². The van der Waals surface area contributed by atoms with Gasteiger partial charge in [-0.2, -0.15) is 0 Å². The zero-order chi connectivity index (χ0) is 10.8. The zero-order valence-electron chi connectivity index (χ0n) is 8.63. The molecule has 1 N–H and O–H groups in total. The van der Waals surface area contributed by atoms with Crippen LogP contribution in [0.5, 0.6) is 0 Å². The Balaban J connectivity index is 2.06. The van der Waals surface area contributed by atoms with Gasteiger partial charge in [0.1, 0.15) is 6.33 Å². The van der Waals surface area contributed by atoms with Crippen molar-refractivity contribution in [1.82, 2.24) is 19.7 Å². The Labute approximate surface area is 87.5 Å². The summed E-state index contributed by atoms with van der Waals surface area (Å²) in [7, 11) is 0. The summed E-state index contributed by atoms with van der Waals surface area (Å²) in [5.74, 6) is 0.744. The van der Waals surface area contributed by atoms with Crippen molar-refractivity contribution in [1.29, 1.82) is 0 Å². The molecule has 0 aromatic carbocycles. The van der Waals surface area contributed by atoms with Crippen LogP contribution >= 0.6 is 0 Å². The maximum atomic E-state index is 11.4. The summed E-state index contributed by atoms with van der Waals surface area (Å²) >= 11 is 0. The molecule has 1 atom stereocenters. The second-order valence-corrected chi connectivity index (χ2v) is 3.67. The predicted molar refractivity (Wildman–Crippen MR) is 51.7 cm³/mol. The number of hydrogen-bond donors (Lipinski definition) is 1. The van der Waals surface area contributed by atoms with E-state index in [2.05, 4.69) is 10.2 Å². The second-order valence-electron chi connectivity index (χ2n) is 3.67. The highest BCUT2D eigenvalue weighted by Gasteiger charge is 2.28. The molecule has 1 amide bonds. The van der Waals surface area contributed by atoms with Crippen molar-refractivity contribution in [3.63, 3.8) is 0 Å². The van der Waals surface area contributed by atoms with E-state index in [-0.39, 0.29) is 12.3 Å². The number of hydrogen-bond acceptors (Lipinski definition) is 4. The Bertz CT molecular complexity index is 363. The first-order chi connectivity index (χ1) is 7.20. The van der Waals surface area contributed by atoms with Crippen molar-refractivity contribution in [2.45, 2.75) is 32.5 Å². The highest BCUT2D eigenvalue weighted by Crippen LogP contribution is 2.13. The Morgan fingerprint density at radius 2 is 2.47 bits per heavy atom. The van der Waals surface area contributed by atoms with E-state index in [0.29, 0.717) is 13.1 Å². The second kappa shape index (κ2) is 3.98. The number of aromatic nitrogens is 3. The fourth-order valence-electron chi connectivity index (χ4n) is 1.74. The van der Waals surface area contributed by atoms with Gasteiger partial charge in [-0.3, -0.25) is 4.79 Å². The number of carbonyl (C=O) groups is 1. The summed E-state index contributed by atoms with van der Waals surface area (Å²) in [6.07, 6.45) is 1.34. The van der Waals surface area contributed by atoms with Crippen LogP contribution in [0.25, 0.3) is 0 Å². The summed E-state index contributed by atoms with van der Waals surface area (Å²) in [4.78, 5) is 13.0. The molecule has 1 aromatic heterocycles. The molecule has 82 valence electrons. The van der Waals surface area contributed by atoms with Crippen molar-refractivity contribution in [3.05, 3.63) is 12.2 Å². The first-order valence-electron chi connectivity index (χ1n) is 5.03. The minimum absolute atomic E-state index is 0.0202. The molecule has 1 aromatic rings. The van der Waals surface area contributed by atoms with Gasteiger partial charge in [0.05, 0.1) is 19.1 Å². The normalized spacial score (nSPS) is 21.3. The Morgan fingerprint density at radius 3 is 3.07 bits per heavy atom. The molecule has 0 aliphatic carbocycles. The Morgan fingerprint density at radius 1 is 1.67 bits per heavy atom. The maximum absolute atomic E-state index is 11.4. The fourth-order valence-corrected chi connectivity index (χ4v) is 1.74. The van der Waals surface area contributed by atoms with Crippen LogP contribution in [0.2, 0.25) is 0 Å². The van der Waals surface area contributed by atoms with Crippen LogP contribution in [-0.4, -0.2) is 43.3 Å². The van der Waals surface area contributed by atoms with Crippen LogP contribution in [-0.2, 0) is 17.9 Å². The number of aliphatic hydroxyl groups excluding tert-OH is 1. The lowest BCUT2D eigenvalue weighted by molar-refractivity contribution is -0.128. The van der Waals surface area contributed by atoms with Crippen LogP contribution in [0.4, 0.5) is 0 Å². The van der Waals surface area contributed by atoms with E-state index in [1.54, 1.807) is 11.2 Å². The quantitative estimate of drug-likeness (QED) is 0.722. The maximum Gasteiger partial charge on any atom is 0.225 e. The van der Waals surface area contributed by atoms with Crippen molar-refractivity contribution in [2.75, 3.05) is 6.54 Å². The first-order valence-corrected chi connectivity index (χ1v) is 5.03. The van der Waals surface area contributed by atoms with Gasteiger partial charge in [0.15, 0.2) is 5.82 Å². The summed E-state index contributed by atoms with van der Waals surface area (Å²) in [6, 6.07) is 0. The van der Waals surface area contributed by atoms with Gasteiger partial charge in [-0.15, -0.1) is 10.2 Å². The molecule has 15 heavy (non-hydrogen) atoms. The van der Waals surface area contributed by atoms with Crippen LogP contribution in [0.15, 0.2) is 6.33 Å². The highest BCUT2D eigenvalue weighted by atomic mass is 16.3. The monoisotopic (exact) mass is 210 g/mol. The minimum atomic E-state index is -0.532. The Hall–Kier alpha value is -1.43. The molecule has 2 rings (SSSR count). The molecule has 6 nitrogen and oxygen atoms in total. The lowest BCUT2D eigenvalue weighted by Crippen LogP contribution is -2.27. The molecular weight excluding hydrogens is 196 g/mol. The van der Waals surface area contributed by atoms with Gasteiger partial charge >= 0.3 is 0 Å². The lowest BCUT2D eigenvalue weighted by Gasteiger charge is -2.14. The standard InChI is InChI=1S/C9H14N4O2/c1-2-12-6-10-11-8(12)5-13-4-7(14)3-9(13)15/h6-7,14H,2-5H2,1H3. The molecule has 2 heterocycles. The first kappa shape index (κ1) is 10.1. The van der Waals surface area contributed by atoms with Crippen LogP contribution in [0, 0.1) is 0 Å². The van der Waals surface area contributed by atoms with Gasteiger partial charge in [-0.05, 0) is 6.92 Å². The van der Waals surface area contributed by atoms with Crippen molar-refractivity contribution in [2.24, 2.45) is 0 Å². The summed E-state index contributed by atoms with van der Waals surface area (Å²) < 4.78 is 1.89. The van der Waals surface area contributed by atoms with E-state index < -0.39 is 6.10 Å². The van der Waals surface area contributed by atoms with E-state index >= 15 is 0 Å². The van der Waals surface area contributed by atoms with Gasteiger partial charge in [0.25, 0.3) is 0 Å². The number of likely N-dealkylation sites (tertiary alicyclic amines) is 1. The largest absolute Gasteiger partial charge is 0.391 e. The fraction of sp³-hybridized carbons (Fsp3) is 0.667.